The number of nitrogens with one attached hydrogen (secondary N) is 1. The molecule has 0 bridgehead atoms. The van der Waals surface area contributed by atoms with Gasteiger partial charge in [-0.3, -0.25) is 4.79 Å². The van der Waals surface area contributed by atoms with Crippen LogP contribution < -0.4 is 15.8 Å². The summed E-state index contributed by atoms with van der Waals surface area (Å²) < 4.78 is 32.5. The van der Waals surface area contributed by atoms with Crippen molar-refractivity contribution in [3.63, 3.8) is 0 Å². The number of hydrogen-bond acceptors (Lipinski definition) is 3. The molecule has 0 radical (unpaired) electrons. The van der Waals surface area contributed by atoms with E-state index in [-0.39, 0.29) is 5.69 Å². The van der Waals surface area contributed by atoms with E-state index in [4.69, 9.17) is 10.5 Å². The van der Waals surface area contributed by atoms with Crippen molar-refractivity contribution in [2.45, 2.75) is 6.92 Å². The molecule has 0 aliphatic rings. The third-order valence-electron chi connectivity index (χ3n) is 3.03. The standard InChI is InChI=1S/C15H14F2N2O2/c1-8-7-9(21-2)3-6-12(8)19-15(20)13-10(16)4-5-11(18)14(13)17/h3-7H,18H2,1-2H3,(H,19,20). The molecule has 0 aliphatic carbocycles. The molecule has 0 aromatic heterocycles. The molecule has 3 N–H and O–H groups in total. The molecule has 0 spiro atoms. The Bertz CT molecular complexity index is 702. The average molecular weight is 292 g/mol. The van der Waals surface area contributed by atoms with E-state index in [2.05, 4.69) is 5.32 Å². The minimum Gasteiger partial charge on any atom is -0.497 e. The number of rotatable bonds is 3. The third-order valence-corrected chi connectivity index (χ3v) is 3.03. The lowest BCUT2D eigenvalue weighted by Gasteiger charge is -2.11. The lowest BCUT2D eigenvalue weighted by atomic mass is 10.1. The van der Waals surface area contributed by atoms with Crippen molar-refractivity contribution < 1.29 is 18.3 Å². The first-order chi connectivity index (χ1) is 9.93. The molecular weight excluding hydrogens is 278 g/mol. The highest BCUT2D eigenvalue weighted by atomic mass is 19.1. The number of hydrogen-bond donors (Lipinski definition) is 2. The van der Waals surface area contributed by atoms with Gasteiger partial charge in [0.25, 0.3) is 5.91 Å². The molecular formula is C15H14F2N2O2. The molecule has 21 heavy (non-hydrogen) atoms. The minimum absolute atomic E-state index is 0.284. The molecule has 1 amide bonds. The molecule has 0 atom stereocenters. The highest BCUT2D eigenvalue weighted by molar-refractivity contribution is 6.05. The SMILES string of the molecule is COc1ccc(NC(=O)c2c(F)ccc(N)c2F)c(C)c1. The second-order valence-electron chi connectivity index (χ2n) is 4.46. The lowest BCUT2D eigenvalue weighted by molar-refractivity contribution is 0.101. The van der Waals surface area contributed by atoms with Crippen LogP contribution >= 0.6 is 0 Å². The molecule has 6 heteroatoms. The van der Waals surface area contributed by atoms with Gasteiger partial charge in [0.2, 0.25) is 0 Å². The van der Waals surface area contributed by atoms with Crippen LogP contribution in [0, 0.1) is 18.6 Å². The maximum absolute atomic E-state index is 13.8. The van der Waals surface area contributed by atoms with E-state index < -0.39 is 23.1 Å². The predicted octanol–water partition coefficient (Wildman–Crippen LogP) is 3.12. The van der Waals surface area contributed by atoms with Crippen LogP contribution in [0.2, 0.25) is 0 Å². The van der Waals surface area contributed by atoms with Crippen LogP contribution in [0.3, 0.4) is 0 Å². The number of ether oxygens (including phenoxy) is 1. The fraction of sp³-hybridized carbons (Fsp3) is 0.133. The van der Waals surface area contributed by atoms with E-state index in [0.29, 0.717) is 17.0 Å². The molecule has 2 aromatic rings. The van der Waals surface area contributed by atoms with Crippen LogP contribution in [-0.2, 0) is 0 Å². The Balaban J connectivity index is 2.33. The summed E-state index contributed by atoms with van der Waals surface area (Å²) in [7, 11) is 1.52. The summed E-state index contributed by atoms with van der Waals surface area (Å²) in [6.45, 7) is 1.74. The molecule has 0 aliphatic heterocycles. The first kappa shape index (κ1) is 14.8. The van der Waals surface area contributed by atoms with Crippen LogP contribution in [0.5, 0.6) is 5.75 Å². The molecule has 0 saturated carbocycles. The summed E-state index contributed by atoms with van der Waals surface area (Å²) in [5.74, 6) is -2.32. The van der Waals surface area contributed by atoms with Crippen molar-refractivity contribution in [2.24, 2.45) is 0 Å². The van der Waals surface area contributed by atoms with Gasteiger partial charge in [-0.15, -0.1) is 0 Å². The van der Waals surface area contributed by atoms with Gasteiger partial charge in [0.1, 0.15) is 17.1 Å². The Labute approximate surface area is 120 Å². The van der Waals surface area contributed by atoms with Gasteiger partial charge in [-0.1, -0.05) is 0 Å². The highest BCUT2D eigenvalue weighted by Crippen LogP contribution is 2.24. The van der Waals surface area contributed by atoms with Gasteiger partial charge in [-0.25, -0.2) is 8.78 Å². The second kappa shape index (κ2) is 5.78. The van der Waals surface area contributed by atoms with Gasteiger partial charge < -0.3 is 15.8 Å². The quantitative estimate of drug-likeness (QED) is 0.854. The maximum atomic E-state index is 13.8. The first-order valence-corrected chi connectivity index (χ1v) is 6.13. The number of carbonyl (C=O) groups is 1. The summed E-state index contributed by atoms with van der Waals surface area (Å²) in [6, 6.07) is 6.94. The van der Waals surface area contributed by atoms with Crippen molar-refractivity contribution >= 4 is 17.3 Å². The average Bonchev–Trinajstić information content (AvgIpc) is 2.45. The Morgan fingerprint density at radius 2 is 1.95 bits per heavy atom. The number of nitrogen functional groups attached to an aromatic ring is 1. The largest absolute Gasteiger partial charge is 0.497 e. The fourth-order valence-corrected chi connectivity index (χ4v) is 1.86. The normalized spacial score (nSPS) is 10.3. The Hall–Kier alpha value is -2.63. The zero-order valence-electron chi connectivity index (χ0n) is 11.5. The number of benzene rings is 2. The number of aryl methyl sites for hydroxylation is 1. The molecule has 110 valence electrons. The third kappa shape index (κ3) is 2.94. The first-order valence-electron chi connectivity index (χ1n) is 6.13. The molecule has 2 aromatic carbocycles. The summed E-state index contributed by atoms with van der Waals surface area (Å²) in [4.78, 5) is 12.0. The number of nitrogens with two attached hydrogens (primary N) is 1. The zero-order chi connectivity index (χ0) is 15.6. The van der Waals surface area contributed by atoms with Crippen LogP contribution in [0.1, 0.15) is 15.9 Å². The van der Waals surface area contributed by atoms with E-state index in [1.165, 1.54) is 7.11 Å². The molecule has 0 unspecified atom stereocenters. The van der Waals surface area contributed by atoms with Crippen LogP contribution in [0.25, 0.3) is 0 Å². The fourth-order valence-electron chi connectivity index (χ4n) is 1.86. The van der Waals surface area contributed by atoms with Crippen molar-refractivity contribution in [2.75, 3.05) is 18.2 Å². The molecule has 0 heterocycles. The van der Waals surface area contributed by atoms with Crippen molar-refractivity contribution in [3.8, 4) is 5.75 Å². The molecule has 0 saturated heterocycles. The van der Waals surface area contributed by atoms with Gasteiger partial charge in [-0.2, -0.15) is 0 Å². The molecule has 2 rings (SSSR count). The maximum Gasteiger partial charge on any atom is 0.261 e. The number of methoxy groups -OCH3 is 1. The van der Waals surface area contributed by atoms with Gasteiger partial charge in [-0.05, 0) is 42.8 Å². The van der Waals surface area contributed by atoms with Gasteiger partial charge in [0.15, 0.2) is 5.82 Å². The second-order valence-corrected chi connectivity index (χ2v) is 4.46. The monoisotopic (exact) mass is 292 g/mol. The van der Waals surface area contributed by atoms with Crippen LogP contribution in [-0.4, -0.2) is 13.0 Å². The van der Waals surface area contributed by atoms with Crippen LogP contribution in [0.4, 0.5) is 20.2 Å². The van der Waals surface area contributed by atoms with Crippen molar-refractivity contribution in [1.29, 1.82) is 0 Å². The Morgan fingerprint density at radius 3 is 2.57 bits per heavy atom. The van der Waals surface area contributed by atoms with Gasteiger partial charge >= 0.3 is 0 Å². The number of amides is 1. The number of anilines is 2. The van der Waals surface area contributed by atoms with Crippen molar-refractivity contribution in [1.82, 2.24) is 0 Å². The Morgan fingerprint density at radius 1 is 1.24 bits per heavy atom. The summed E-state index contributed by atoms with van der Waals surface area (Å²) in [5, 5.41) is 2.46. The number of carbonyl (C=O) groups excluding carboxylic acids is 1. The molecule has 4 nitrogen and oxygen atoms in total. The highest BCUT2D eigenvalue weighted by Gasteiger charge is 2.20. The van der Waals surface area contributed by atoms with E-state index in [0.717, 1.165) is 12.1 Å². The predicted molar refractivity (Wildman–Crippen MR) is 76.5 cm³/mol. The Kier molecular flexibility index (Phi) is 4.07. The van der Waals surface area contributed by atoms with Crippen LogP contribution in [0.15, 0.2) is 30.3 Å². The summed E-state index contributed by atoms with van der Waals surface area (Å²) in [5.41, 5.74) is 5.50. The van der Waals surface area contributed by atoms with Gasteiger partial charge in [0.05, 0.1) is 12.8 Å². The topological polar surface area (TPSA) is 64.3 Å². The summed E-state index contributed by atoms with van der Waals surface area (Å²) >= 11 is 0. The van der Waals surface area contributed by atoms with E-state index in [9.17, 15) is 13.6 Å². The van der Waals surface area contributed by atoms with E-state index >= 15 is 0 Å². The van der Waals surface area contributed by atoms with E-state index in [1.807, 2.05) is 0 Å². The minimum atomic E-state index is -1.07. The lowest BCUT2D eigenvalue weighted by Crippen LogP contribution is -2.17. The zero-order valence-corrected chi connectivity index (χ0v) is 11.5. The summed E-state index contributed by atoms with van der Waals surface area (Å²) in [6.07, 6.45) is 0. The smallest absolute Gasteiger partial charge is 0.261 e. The number of halogens is 2. The molecule has 0 fully saturated rings. The van der Waals surface area contributed by atoms with Crippen molar-refractivity contribution in [3.05, 3.63) is 53.1 Å². The van der Waals surface area contributed by atoms with Gasteiger partial charge in [0, 0.05) is 5.69 Å². The van der Waals surface area contributed by atoms with E-state index in [1.54, 1.807) is 25.1 Å².